The second kappa shape index (κ2) is 5.57. The average molecular weight is 313 g/mol. The lowest BCUT2D eigenvalue weighted by Gasteiger charge is -2.10. The second-order valence-electron chi connectivity index (χ2n) is 4.88. The van der Waals surface area contributed by atoms with Crippen LogP contribution in [0.1, 0.15) is 6.92 Å². The molecule has 0 spiro atoms. The fourth-order valence-electron chi connectivity index (χ4n) is 2.11. The predicted octanol–water partition coefficient (Wildman–Crippen LogP) is 1.95. The third kappa shape index (κ3) is 2.68. The highest BCUT2D eigenvalue weighted by Crippen LogP contribution is 2.22. The van der Waals surface area contributed by atoms with Crippen molar-refractivity contribution in [3.05, 3.63) is 43.3 Å². The molecule has 3 aromatic rings. The Morgan fingerprint density at radius 3 is 2.82 bits per heavy atom. The van der Waals surface area contributed by atoms with Crippen LogP contribution in [0.15, 0.2) is 43.3 Å². The van der Waals surface area contributed by atoms with Gasteiger partial charge in [0.05, 0.1) is 18.1 Å². The van der Waals surface area contributed by atoms with E-state index in [1.165, 1.54) is 0 Å². The van der Waals surface area contributed by atoms with Crippen molar-refractivity contribution in [1.29, 1.82) is 0 Å². The second-order valence-corrected chi connectivity index (χ2v) is 5.28. The standard InChI is InChI=1S/C14H15N7S/c1-9(2)18-14(22)19-12-13-16-7-11(21(13)5-4-15-12)10-6-17-20(3)8-10/h4-8H,1H2,2-3H3,(H2,15,18,19,22). The minimum atomic E-state index is 0.430. The van der Waals surface area contributed by atoms with E-state index in [1.807, 2.05) is 30.8 Å². The molecule has 3 heterocycles. The predicted molar refractivity (Wildman–Crippen MR) is 89.4 cm³/mol. The lowest BCUT2D eigenvalue weighted by molar-refractivity contribution is 0.768. The van der Waals surface area contributed by atoms with Gasteiger partial charge in [-0.3, -0.25) is 9.08 Å². The van der Waals surface area contributed by atoms with Gasteiger partial charge in [0, 0.05) is 36.9 Å². The Balaban J connectivity index is 1.99. The number of imidazole rings is 1. The molecule has 0 amide bonds. The quantitative estimate of drug-likeness (QED) is 0.720. The molecule has 0 saturated carbocycles. The zero-order chi connectivity index (χ0) is 15.7. The molecule has 7 nitrogen and oxygen atoms in total. The Bertz CT molecular complexity index is 861. The molecule has 3 rings (SSSR count). The zero-order valence-electron chi connectivity index (χ0n) is 12.2. The Hall–Kier alpha value is -2.74. The summed E-state index contributed by atoms with van der Waals surface area (Å²) in [6.07, 6.45) is 9.06. The van der Waals surface area contributed by atoms with Crippen molar-refractivity contribution < 1.29 is 0 Å². The van der Waals surface area contributed by atoms with Crippen LogP contribution >= 0.6 is 12.2 Å². The first-order valence-corrected chi connectivity index (χ1v) is 7.00. The molecule has 112 valence electrons. The molecule has 3 aromatic heterocycles. The van der Waals surface area contributed by atoms with E-state index in [1.54, 1.807) is 23.3 Å². The van der Waals surface area contributed by atoms with Crippen LogP contribution in [-0.2, 0) is 7.05 Å². The van der Waals surface area contributed by atoms with E-state index in [4.69, 9.17) is 12.2 Å². The van der Waals surface area contributed by atoms with Gasteiger partial charge in [-0.15, -0.1) is 0 Å². The van der Waals surface area contributed by atoms with Crippen molar-refractivity contribution in [3.8, 4) is 11.3 Å². The first-order chi connectivity index (χ1) is 10.5. The lowest BCUT2D eigenvalue weighted by Crippen LogP contribution is -2.27. The van der Waals surface area contributed by atoms with Gasteiger partial charge in [-0.1, -0.05) is 6.58 Å². The number of hydrogen-bond donors (Lipinski definition) is 2. The molecule has 0 aromatic carbocycles. The van der Waals surface area contributed by atoms with Gasteiger partial charge < -0.3 is 10.6 Å². The number of aryl methyl sites for hydroxylation is 1. The summed E-state index contributed by atoms with van der Waals surface area (Å²) in [7, 11) is 1.88. The highest BCUT2D eigenvalue weighted by atomic mass is 32.1. The molecule has 8 heteroatoms. The third-order valence-electron chi connectivity index (χ3n) is 2.99. The van der Waals surface area contributed by atoms with Crippen molar-refractivity contribution in [2.24, 2.45) is 7.05 Å². The van der Waals surface area contributed by atoms with E-state index in [0.717, 1.165) is 17.0 Å². The lowest BCUT2D eigenvalue weighted by atomic mass is 10.3. The van der Waals surface area contributed by atoms with E-state index in [2.05, 4.69) is 32.3 Å². The molecule has 0 saturated heterocycles. The molecule has 0 fully saturated rings. The van der Waals surface area contributed by atoms with Gasteiger partial charge >= 0.3 is 0 Å². The number of rotatable bonds is 3. The molecule has 0 bridgehead atoms. The molecule has 0 aliphatic carbocycles. The number of allylic oxidation sites excluding steroid dienone is 1. The maximum Gasteiger partial charge on any atom is 0.181 e. The number of thiocarbonyl (C=S) groups is 1. The SMILES string of the molecule is C=C(C)NC(=S)Nc1nccn2c(-c3cnn(C)c3)cnc12. The summed E-state index contributed by atoms with van der Waals surface area (Å²) >= 11 is 5.21. The van der Waals surface area contributed by atoms with Crippen molar-refractivity contribution >= 4 is 28.8 Å². The van der Waals surface area contributed by atoms with Crippen molar-refractivity contribution in [2.45, 2.75) is 6.92 Å². The summed E-state index contributed by atoms with van der Waals surface area (Å²) in [5.74, 6) is 0.580. The van der Waals surface area contributed by atoms with Gasteiger partial charge in [-0.2, -0.15) is 5.10 Å². The monoisotopic (exact) mass is 313 g/mol. The molecular formula is C14H15N7S. The van der Waals surface area contributed by atoms with Crippen LogP contribution in [-0.4, -0.2) is 29.3 Å². The van der Waals surface area contributed by atoms with Gasteiger partial charge in [0.2, 0.25) is 0 Å². The molecule has 2 N–H and O–H groups in total. The summed E-state index contributed by atoms with van der Waals surface area (Å²) in [5.41, 5.74) is 3.36. The van der Waals surface area contributed by atoms with E-state index < -0.39 is 0 Å². The van der Waals surface area contributed by atoms with Gasteiger partial charge in [0.1, 0.15) is 0 Å². The summed E-state index contributed by atoms with van der Waals surface area (Å²) in [6, 6.07) is 0. The van der Waals surface area contributed by atoms with E-state index in [-0.39, 0.29) is 0 Å². The molecular weight excluding hydrogens is 298 g/mol. The largest absolute Gasteiger partial charge is 0.337 e. The topological polar surface area (TPSA) is 72.1 Å². The van der Waals surface area contributed by atoms with Gasteiger partial charge in [-0.05, 0) is 19.1 Å². The van der Waals surface area contributed by atoms with E-state index >= 15 is 0 Å². The minimum absolute atomic E-state index is 0.430. The normalized spacial score (nSPS) is 10.6. The van der Waals surface area contributed by atoms with Crippen LogP contribution < -0.4 is 10.6 Å². The summed E-state index contributed by atoms with van der Waals surface area (Å²) < 4.78 is 3.69. The van der Waals surface area contributed by atoms with Crippen LogP contribution in [0, 0.1) is 0 Å². The molecule has 0 aliphatic heterocycles. The molecule has 0 aliphatic rings. The van der Waals surface area contributed by atoms with Gasteiger partial charge in [-0.25, -0.2) is 9.97 Å². The number of fused-ring (bicyclic) bond motifs is 1. The fourth-order valence-corrected chi connectivity index (χ4v) is 2.38. The van der Waals surface area contributed by atoms with E-state index in [9.17, 15) is 0 Å². The van der Waals surface area contributed by atoms with Gasteiger partial charge in [0.25, 0.3) is 0 Å². The highest BCUT2D eigenvalue weighted by Gasteiger charge is 2.12. The maximum absolute atomic E-state index is 5.21. The van der Waals surface area contributed by atoms with Crippen LogP contribution in [0.2, 0.25) is 0 Å². The number of aromatic nitrogens is 5. The van der Waals surface area contributed by atoms with Crippen LogP contribution in [0.4, 0.5) is 5.82 Å². The molecule has 22 heavy (non-hydrogen) atoms. The summed E-state index contributed by atoms with van der Waals surface area (Å²) in [4.78, 5) is 8.72. The zero-order valence-corrected chi connectivity index (χ0v) is 13.1. The smallest absolute Gasteiger partial charge is 0.181 e. The number of nitrogens with one attached hydrogen (secondary N) is 2. The van der Waals surface area contributed by atoms with Crippen molar-refractivity contribution in [2.75, 3.05) is 5.32 Å². The van der Waals surface area contributed by atoms with E-state index in [0.29, 0.717) is 16.6 Å². The van der Waals surface area contributed by atoms with Crippen LogP contribution in [0.25, 0.3) is 16.9 Å². The molecule has 0 atom stereocenters. The maximum atomic E-state index is 5.21. The Morgan fingerprint density at radius 2 is 2.14 bits per heavy atom. The van der Waals surface area contributed by atoms with Crippen LogP contribution in [0.3, 0.4) is 0 Å². The first-order valence-electron chi connectivity index (χ1n) is 6.59. The average Bonchev–Trinajstić information content (AvgIpc) is 3.04. The number of anilines is 1. The Labute approximate surface area is 132 Å². The molecule has 0 unspecified atom stereocenters. The number of nitrogens with zero attached hydrogens (tertiary/aromatic N) is 5. The molecule has 0 radical (unpaired) electrons. The summed E-state index contributed by atoms with van der Waals surface area (Å²) in [6.45, 7) is 5.59. The van der Waals surface area contributed by atoms with Crippen LogP contribution in [0.5, 0.6) is 0 Å². The van der Waals surface area contributed by atoms with Gasteiger partial charge in [0.15, 0.2) is 16.6 Å². The van der Waals surface area contributed by atoms with Crippen molar-refractivity contribution in [3.63, 3.8) is 0 Å². The Kier molecular flexibility index (Phi) is 3.60. The first kappa shape index (κ1) is 14.2. The summed E-state index contributed by atoms with van der Waals surface area (Å²) in [5, 5.41) is 10.6. The minimum Gasteiger partial charge on any atom is -0.337 e. The highest BCUT2D eigenvalue weighted by molar-refractivity contribution is 7.80. The van der Waals surface area contributed by atoms with Crippen molar-refractivity contribution in [1.82, 2.24) is 29.5 Å². The Morgan fingerprint density at radius 1 is 1.32 bits per heavy atom. The number of hydrogen-bond acceptors (Lipinski definition) is 4. The fraction of sp³-hybridized carbons (Fsp3) is 0.143. The third-order valence-corrected chi connectivity index (χ3v) is 3.19.